The van der Waals surface area contributed by atoms with Crippen molar-refractivity contribution in [2.45, 2.75) is 12.0 Å². The lowest BCUT2D eigenvalue weighted by molar-refractivity contribution is -0.104. The highest BCUT2D eigenvalue weighted by Crippen LogP contribution is 2.47. The van der Waals surface area contributed by atoms with Gasteiger partial charge in [0.1, 0.15) is 18.1 Å². The average molecular weight is 326 g/mol. The summed E-state index contributed by atoms with van der Waals surface area (Å²) in [4.78, 5) is 10.5. The van der Waals surface area contributed by atoms with E-state index in [0.29, 0.717) is 11.5 Å². The first-order chi connectivity index (χ1) is 11.7. The summed E-state index contributed by atoms with van der Waals surface area (Å²) in [6.45, 7) is -0.0816. The zero-order valence-electron chi connectivity index (χ0n) is 13.2. The minimum Gasteiger partial charge on any atom is -0.504 e. The Labute approximate surface area is 139 Å². The highest BCUT2D eigenvalue weighted by Gasteiger charge is 2.35. The smallest absolute Gasteiger partial charge is 0.160 e. The van der Waals surface area contributed by atoms with E-state index in [2.05, 4.69) is 0 Å². The van der Waals surface area contributed by atoms with Gasteiger partial charge in [0.25, 0.3) is 0 Å². The fraction of sp³-hybridized carbons (Fsp3) is 0.211. The zero-order valence-corrected chi connectivity index (χ0v) is 13.2. The van der Waals surface area contributed by atoms with Crippen LogP contribution in [0.25, 0.3) is 6.08 Å². The number of aliphatic hydroxyl groups excluding tert-OH is 1. The van der Waals surface area contributed by atoms with Crippen LogP contribution < -0.4 is 9.47 Å². The number of fused-ring (bicyclic) bond motifs is 1. The molecule has 1 aliphatic rings. The van der Waals surface area contributed by atoms with Gasteiger partial charge in [0, 0.05) is 5.56 Å². The predicted molar refractivity (Wildman–Crippen MR) is 89.4 cm³/mol. The fourth-order valence-electron chi connectivity index (χ4n) is 2.97. The number of benzene rings is 2. The molecule has 0 spiro atoms. The number of carbonyl (C=O) groups excluding carboxylic acids is 1. The number of ether oxygens (including phenoxy) is 2. The number of hydrogen-bond donors (Lipinski definition) is 2. The number of hydrogen-bond acceptors (Lipinski definition) is 5. The van der Waals surface area contributed by atoms with Gasteiger partial charge in [0.05, 0.1) is 19.6 Å². The van der Waals surface area contributed by atoms with Crippen LogP contribution in [0.3, 0.4) is 0 Å². The van der Waals surface area contributed by atoms with Crippen LogP contribution in [0.5, 0.6) is 17.2 Å². The van der Waals surface area contributed by atoms with E-state index in [0.717, 1.165) is 23.0 Å². The number of allylic oxidation sites excluding steroid dienone is 1. The van der Waals surface area contributed by atoms with Gasteiger partial charge in [-0.25, -0.2) is 0 Å². The third kappa shape index (κ3) is 2.86. The minimum atomic E-state index is -0.371. The van der Waals surface area contributed by atoms with E-state index < -0.39 is 0 Å². The van der Waals surface area contributed by atoms with E-state index in [4.69, 9.17) is 9.47 Å². The van der Waals surface area contributed by atoms with Crippen LogP contribution in [-0.2, 0) is 4.79 Å². The molecule has 0 saturated heterocycles. The molecule has 2 aromatic rings. The SMILES string of the molecule is COc1cc([C@H]2Oc3ccc(/C=C/C=O)cc3[C@@H]2CO)ccc1O. The number of aromatic hydroxyl groups is 1. The van der Waals surface area contributed by atoms with E-state index in [1.807, 2.05) is 18.2 Å². The molecule has 2 atom stereocenters. The van der Waals surface area contributed by atoms with E-state index in [-0.39, 0.29) is 24.4 Å². The first-order valence-electron chi connectivity index (χ1n) is 7.58. The Balaban J connectivity index is 1.97. The first kappa shape index (κ1) is 16.1. The molecule has 0 unspecified atom stereocenters. The quantitative estimate of drug-likeness (QED) is 0.653. The van der Waals surface area contributed by atoms with Crippen molar-refractivity contribution in [3.63, 3.8) is 0 Å². The highest BCUT2D eigenvalue weighted by atomic mass is 16.5. The third-order valence-corrected chi connectivity index (χ3v) is 4.15. The Kier molecular flexibility index (Phi) is 4.53. The molecule has 24 heavy (non-hydrogen) atoms. The van der Waals surface area contributed by atoms with Gasteiger partial charge in [-0.1, -0.05) is 18.2 Å². The number of phenolic OH excluding ortho intramolecular Hbond substituents is 1. The second kappa shape index (κ2) is 6.76. The Morgan fingerprint density at radius 3 is 2.79 bits per heavy atom. The molecule has 0 fully saturated rings. The monoisotopic (exact) mass is 326 g/mol. The van der Waals surface area contributed by atoms with Crippen LogP contribution in [0.1, 0.15) is 28.7 Å². The number of phenols is 1. The summed E-state index contributed by atoms with van der Waals surface area (Å²) < 4.78 is 11.1. The van der Waals surface area contributed by atoms with Crippen LogP contribution >= 0.6 is 0 Å². The Morgan fingerprint density at radius 1 is 1.25 bits per heavy atom. The number of aliphatic hydroxyl groups is 1. The van der Waals surface area contributed by atoms with Gasteiger partial charge in [-0.15, -0.1) is 0 Å². The van der Waals surface area contributed by atoms with Gasteiger partial charge in [-0.2, -0.15) is 0 Å². The number of rotatable bonds is 5. The maximum absolute atomic E-state index is 10.5. The van der Waals surface area contributed by atoms with Crippen LogP contribution in [0.4, 0.5) is 0 Å². The topological polar surface area (TPSA) is 76.0 Å². The molecule has 2 N–H and O–H groups in total. The summed E-state index contributed by atoms with van der Waals surface area (Å²) >= 11 is 0. The molecular weight excluding hydrogens is 308 g/mol. The molecule has 3 rings (SSSR count). The predicted octanol–water partition coefficient (Wildman–Crippen LogP) is 2.82. The lowest BCUT2D eigenvalue weighted by Crippen LogP contribution is -2.13. The molecule has 2 aromatic carbocycles. The van der Waals surface area contributed by atoms with Crippen molar-refractivity contribution in [2.24, 2.45) is 0 Å². The minimum absolute atomic E-state index is 0.0543. The highest BCUT2D eigenvalue weighted by molar-refractivity contribution is 5.74. The largest absolute Gasteiger partial charge is 0.504 e. The summed E-state index contributed by atoms with van der Waals surface area (Å²) in [7, 11) is 1.48. The molecule has 5 heteroatoms. The maximum Gasteiger partial charge on any atom is 0.160 e. The molecule has 0 aliphatic carbocycles. The Hall–Kier alpha value is -2.79. The summed E-state index contributed by atoms with van der Waals surface area (Å²) in [5.41, 5.74) is 2.57. The van der Waals surface area contributed by atoms with Crippen molar-refractivity contribution in [1.82, 2.24) is 0 Å². The van der Waals surface area contributed by atoms with Gasteiger partial charge in [-0.05, 0) is 41.5 Å². The normalized spacial score (nSPS) is 19.1. The van der Waals surface area contributed by atoms with Crippen LogP contribution in [-0.4, -0.2) is 30.2 Å². The molecule has 1 aliphatic heterocycles. The molecule has 124 valence electrons. The molecular formula is C19H18O5. The molecule has 5 nitrogen and oxygen atoms in total. The van der Waals surface area contributed by atoms with Gasteiger partial charge < -0.3 is 19.7 Å². The summed E-state index contributed by atoms with van der Waals surface area (Å²) in [5.74, 6) is 0.880. The van der Waals surface area contributed by atoms with Gasteiger partial charge in [-0.3, -0.25) is 4.79 Å². The number of methoxy groups -OCH3 is 1. The van der Waals surface area contributed by atoms with E-state index in [1.165, 1.54) is 13.2 Å². The zero-order chi connectivity index (χ0) is 17.1. The second-order valence-corrected chi connectivity index (χ2v) is 5.55. The molecule has 0 bridgehead atoms. The van der Waals surface area contributed by atoms with E-state index >= 15 is 0 Å². The first-order valence-corrected chi connectivity index (χ1v) is 7.58. The van der Waals surface area contributed by atoms with Gasteiger partial charge in [0.2, 0.25) is 0 Å². The molecule has 1 heterocycles. The lowest BCUT2D eigenvalue weighted by atomic mass is 9.91. The van der Waals surface area contributed by atoms with Crippen molar-refractivity contribution < 1.29 is 24.5 Å². The Morgan fingerprint density at radius 2 is 2.08 bits per heavy atom. The van der Waals surface area contributed by atoms with Gasteiger partial charge in [0.15, 0.2) is 11.5 Å². The molecule has 0 aromatic heterocycles. The van der Waals surface area contributed by atoms with Crippen molar-refractivity contribution in [3.05, 3.63) is 59.2 Å². The maximum atomic E-state index is 10.5. The van der Waals surface area contributed by atoms with Crippen molar-refractivity contribution in [2.75, 3.05) is 13.7 Å². The van der Waals surface area contributed by atoms with Crippen LogP contribution in [0.15, 0.2) is 42.5 Å². The molecule has 0 amide bonds. The average Bonchev–Trinajstić information content (AvgIpc) is 2.98. The lowest BCUT2D eigenvalue weighted by Gasteiger charge is -2.18. The second-order valence-electron chi connectivity index (χ2n) is 5.55. The molecule has 0 radical (unpaired) electrons. The van der Waals surface area contributed by atoms with E-state index in [9.17, 15) is 15.0 Å². The number of carbonyl (C=O) groups is 1. The van der Waals surface area contributed by atoms with Crippen LogP contribution in [0.2, 0.25) is 0 Å². The van der Waals surface area contributed by atoms with Crippen molar-refractivity contribution in [1.29, 1.82) is 0 Å². The number of aldehydes is 1. The standard InChI is InChI=1S/C19H18O5/c1-23-18-10-13(5-6-16(18)22)19-15(11-21)14-9-12(3-2-8-20)4-7-17(14)24-19/h2-10,15,19,21-22H,11H2,1H3/b3-2+/t15-,19+/m0/s1. The third-order valence-electron chi connectivity index (χ3n) is 4.15. The Bertz CT molecular complexity index is 781. The summed E-state index contributed by atoms with van der Waals surface area (Å²) in [6.07, 6.45) is 3.48. The van der Waals surface area contributed by atoms with Crippen LogP contribution in [0, 0.1) is 0 Å². The van der Waals surface area contributed by atoms with Gasteiger partial charge >= 0.3 is 0 Å². The molecule has 0 saturated carbocycles. The summed E-state index contributed by atoms with van der Waals surface area (Å²) in [5, 5.41) is 19.6. The fourth-order valence-corrected chi connectivity index (χ4v) is 2.97. The van der Waals surface area contributed by atoms with E-state index in [1.54, 1.807) is 24.3 Å². The summed E-state index contributed by atoms with van der Waals surface area (Å²) in [6, 6.07) is 10.6. The van der Waals surface area contributed by atoms with Crippen molar-refractivity contribution in [3.8, 4) is 17.2 Å². The van der Waals surface area contributed by atoms with Crippen molar-refractivity contribution >= 4 is 12.4 Å².